The van der Waals surface area contributed by atoms with Crippen LogP contribution in [-0.4, -0.2) is 6.61 Å². The van der Waals surface area contributed by atoms with E-state index >= 15 is 0 Å². The second-order valence-electron chi connectivity index (χ2n) is 7.29. The molecule has 2 heterocycles. The maximum Gasteiger partial charge on any atom is 0.0895 e. The third-order valence-corrected chi connectivity index (χ3v) is 5.83. The summed E-state index contributed by atoms with van der Waals surface area (Å²) in [5, 5.41) is 3.82. The van der Waals surface area contributed by atoms with Crippen molar-refractivity contribution in [2.45, 2.75) is 51.2 Å². The molecule has 1 saturated heterocycles. The van der Waals surface area contributed by atoms with Crippen LogP contribution in [0.4, 0.5) is 5.69 Å². The van der Waals surface area contributed by atoms with Crippen molar-refractivity contribution in [3.63, 3.8) is 0 Å². The Bertz CT molecular complexity index is 696. The van der Waals surface area contributed by atoms with Gasteiger partial charge in [-0.1, -0.05) is 56.3 Å². The monoisotopic (exact) mass is 321 g/mol. The Kier molecular flexibility index (Phi) is 4.32. The number of benzene rings is 2. The number of ether oxygens (including phenoxy) is 1. The number of anilines is 1. The standard InChI is InChI=1S/C22H27NO/c1-3-15(2)17-11-12-20-19(14-17)22-18(10-7-13-24-22)21(23-20)16-8-5-4-6-9-16/h4-6,8-9,11-12,14-15,18,21-23H,3,7,10,13H2,1-2H3/t15?,18-,21-,22-/m0/s1. The molecule has 2 heteroatoms. The minimum Gasteiger partial charge on any atom is -0.378 e. The van der Waals surface area contributed by atoms with Crippen molar-refractivity contribution in [3.8, 4) is 0 Å². The van der Waals surface area contributed by atoms with E-state index in [0.29, 0.717) is 17.9 Å². The fraction of sp³-hybridized carbons (Fsp3) is 0.455. The lowest BCUT2D eigenvalue weighted by Gasteiger charge is -2.43. The van der Waals surface area contributed by atoms with Crippen molar-refractivity contribution in [1.82, 2.24) is 0 Å². The van der Waals surface area contributed by atoms with Crippen LogP contribution in [0.5, 0.6) is 0 Å². The Balaban J connectivity index is 1.74. The molecule has 1 fully saturated rings. The molecular formula is C22H27NO. The first kappa shape index (κ1) is 15.7. The van der Waals surface area contributed by atoms with E-state index in [4.69, 9.17) is 4.74 Å². The molecule has 2 aliphatic heterocycles. The minimum atomic E-state index is 0.226. The zero-order valence-electron chi connectivity index (χ0n) is 14.7. The predicted octanol–water partition coefficient (Wildman–Crippen LogP) is 5.83. The van der Waals surface area contributed by atoms with Gasteiger partial charge in [-0.05, 0) is 42.4 Å². The van der Waals surface area contributed by atoms with E-state index in [-0.39, 0.29) is 6.10 Å². The highest BCUT2D eigenvalue weighted by molar-refractivity contribution is 5.58. The SMILES string of the molecule is CCC(C)c1ccc2c(c1)[C@H]1OCCC[C@H]1[C@H](c1ccccc1)N2. The van der Waals surface area contributed by atoms with Gasteiger partial charge in [0, 0.05) is 23.8 Å². The smallest absolute Gasteiger partial charge is 0.0895 e. The number of nitrogens with one attached hydrogen (secondary N) is 1. The second kappa shape index (κ2) is 6.60. The first-order valence-electron chi connectivity index (χ1n) is 9.35. The van der Waals surface area contributed by atoms with Gasteiger partial charge in [0.15, 0.2) is 0 Å². The van der Waals surface area contributed by atoms with Crippen LogP contribution in [0.3, 0.4) is 0 Å². The quantitative estimate of drug-likeness (QED) is 0.767. The summed E-state index contributed by atoms with van der Waals surface area (Å²) in [5.74, 6) is 1.12. The molecule has 0 saturated carbocycles. The molecule has 2 aromatic carbocycles. The average Bonchev–Trinajstić information content (AvgIpc) is 2.67. The topological polar surface area (TPSA) is 21.3 Å². The number of rotatable bonds is 3. The number of hydrogen-bond donors (Lipinski definition) is 1. The van der Waals surface area contributed by atoms with Gasteiger partial charge in [0.2, 0.25) is 0 Å². The maximum atomic E-state index is 6.29. The van der Waals surface area contributed by atoms with Crippen molar-refractivity contribution in [1.29, 1.82) is 0 Å². The van der Waals surface area contributed by atoms with Crippen molar-refractivity contribution in [2.24, 2.45) is 5.92 Å². The summed E-state index contributed by atoms with van der Waals surface area (Å²) < 4.78 is 6.29. The zero-order valence-corrected chi connectivity index (χ0v) is 14.7. The van der Waals surface area contributed by atoms with Crippen molar-refractivity contribution in [3.05, 3.63) is 65.2 Å². The summed E-state index contributed by atoms with van der Waals surface area (Å²) in [7, 11) is 0. The third kappa shape index (κ3) is 2.73. The molecule has 0 bridgehead atoms. The molecule has 0 radical (unpaired) electrons. The van der Waals surface area contributed by atoms with E-state index in [0.717, 1.165) is 13.0 Å². The van der Waals surface area contributed by atoms with Crippen LogP contribution in [-0.2, 0) is 4.74 Å². The highest BCUT2D eigenvalue weighted by atomic mass is 16.5. The molecule has 2 aromatic rings. The molecule has 4 atom stereocenters. The Labute approximate surface area is 145 Å². The molecule has 1 unspecified atom stereocenters. The van der Waals surface area contributed by atoms with Crippen LogP contribution >= 0.6 is 0 Å². The Morgan fingerprint density at radius 3 is 2.79 bits per heavy atom. The fourth-order valence-electron chi connectivity index (χ4n) is 4.22. The Morgan fingerprint density at radius 2 is 2.00 bits per heavy atom. The maximum absolute atomic E-state index is 6.29. The molecule has 1 N–H and O–H groups in total. The normalized spacial score (nSPS) is 26.8. The summed E-state index contributed by atoms with van der Waals surface area (Å²) in [6, 6.07) is 18.1. The lowest BCUT2D eigenvalue weighted by Crippen LogP contribution is -2.36. The molecule has 24 heavy (non-hydrogen) atoms. The van der Waals surface area contributed by atoms with Gasteiger partial charge in [-0.25, -0.2) is 0 Å². The van der Waals surface area contributed by atoms with Gasteiger partial charge in [0.05, 0.1) is 12.1 Å². The highest BCUT2D eigenvalue weighted by Crippen LogP contribution is 2.49. The van der Waals surface area contributed by atoms with Gasteiger partial charge in [0.25, 0.3) is 0 Å². The molecule has 0 aliphatic carbocycles. The van der Waals surface area contributed by atoms with Gasteiger partial charge >= 0.3 is 0 Å². The van der Waals surface area contributed by atoms with Crippen LogP contribution in [0.2, 0.25) is 0 Å². The number of fused-ring (bicyclic) bond motifs is 3. The summed E-state index contributed by atoms with van der Waals surface area (Å²) in [5.41, 5.74) is 5.42. The molecule has 0 amide bonds. The second-order valence-corrected chi connectivity index (χ2v) is 7.29. The summed E-state index contributed by atoms with van der Waals surface area (Å²) in [4.78, 5) is 0. The zero-order chi connectivity index (χ0) is 16.5. The van der Waals surface area contributed by atoms with Gasteiger partial charge in [-0.3, -0.25) is 0 Å². The highest BCUT2D eigenvalue weighted by Gasteiger charge is 2.39. The van der Waals surface area contributed by atoms with Gasteiger partial charge in [-0.2, -0.15) is 0 Å². The van der Waals surface area contributed by atoms with E-state index in [1.807, 2.05) is 0 Å². The summed E-state index contributed by atoms with van der Waals surface area (Å²) in [6.07, 6.45) is 3.79. The van der Waals surface area contributed by atoms with Crippen LogP contribution in [0.15, 0.2) is 48.5 Å². The van der Waals surface area contributed by atoms with E-state index in [9.17, 15) is 0 Å². The molecule has 2 nitrogen and oxygen atoms in total. The largest absolute Gasteiger partial charge is 0.378 e. The van der Waals surface area contributed by atoms with Crippen LogP contribution in [0.1, 0.15) is 67.9 Å². The molecule has 126 valence electrons. The molecule has 2 aliphatic rings. The van der Waals surface area contributed by atoms with Gasteiger partial charge < -0.3 is 10.1 Å². The van der Waals surface area contributed by atoms with Crippen molar-refractivity contribution < 1.29 is 4.74 Å². The number of hydrogen-bond acceptors (Lipinski definition) is 2. The first-order chi connectivity index (χ1) is 11.8. The third-order valence-electron chi connectivity index (χ3n) is 5.83. The summed E-state index contributed by atoms with van der Waals surface area (Å²) >= 11 is 0. The van der Waals surface area contributed by atoms with Crippen LogP contribution in [0, 0.1) is 5.92 Å². The van der Waals surface area contributed by atoms with E-state index in [2.05, 4.69) is 67.7 Å². The van der Waals surface area contributed by atoms with E-state index in [1.54, 1.807) is 0 Å². The van der Waals surface area contributed by atoms with E-state index in [1.165, 1.54) is 35.2 Å². The minimum absolute atomic E-state index is 0.226. The Hall–Kier alpha value is -1.80. The van der Waals surface area contributed by atoms with Gasteiger partial charge in [0.1, 0.15) is 0 Å². The van der Waals surface area contributed by atoms with Gasteiger partial charge in [-0.15, -0.1) is 0 Å². The Morgan fingerprint density at radius 1 is 1.17 bits per heavy atom. The lowest BCUT2D eigenvalue weighted by molar-refractivity contribution is -0.0381. The predicted molar refractivity (Wildman–Crippen MR) is 99.4 cm³/mol. The van der Waals surface area contributed by atoms with Crippen molar-refractivity contribution >= 4 is 5.69 Å². The van der Waals surface area contributed by atoms with E-state index < -0.39 is 0 Å². The van der Waals surface area contributed by atoms with Crippen LogP contribution < -0.4 is 5.32 Å². The molecule has 4 rings (SSSR count). The average molecular weight is 321 g/mol. The fourth-order valence-corrected chi connectivity index (χ4v) is 4.22. The van der Waals surface area contributed by atoms with Crippen LogP contribution in [0.25, 0.3) is 0 Å². The summed E-state index contributed by atoms with van der Waals surface area (Å²) in [6.45, 7) is 5.45. The molecule has 0 spiro atoms. The molecular weight excluding hydrogens is 294 g/mol. The van der Waals surface area contributed by atoms with Crippen molar-refractivity contribution in [2.75, 3.05) is 11.9 Å². The lowest BCUT2D eigenvalue weighted by atomic mass is 9.77. The first-order valence-corrected chi connectivity index (χ1v) is 9.35. The molecule has 0 aromatic heterocycles.